The summed E-state index contributed by atoms with van der Waals surface area (Å²) in [7, 11) is 0. The molecule has 0 saturated carbocycles. The maximum atomic E-state index is 13.3. The maximum absolute atomic E-state index is 13.3. The Morgan fingerprint density at radius 2 is 2.07 bits per heavy atom. The van der Waals surface area contributed by atoms with Gasteiger partial charge < -0.3 is 10.6 Å². The lowest BCUT2D eigenvalue weighted by Crippen LogP contribution is -2.31. The number of nitrogens with zero attached hydrogens (tertiary/aromatic N) is 3. The maximum Gasteiger partial charge on any atom is 0.255 e. The summed E-state index contributed by atoms with van der Waals surface area (Å²) in [5, 5.41) is 13.8. The van der Waals surface area contributed by atoms with Crippen LogP contribution in [0.4, 0.5) is 11.6 Å². The van der Waals surface area contributed by atoms with Crippen LogP contribution in [0.15, 0.2) is 58.2 Å². The second-order valence-corrected chi connectivity index (χ2v) is 8.95. The van der Waals surface area contributed by atoms with Crippen molar-refractivity contribution in [2.24, 2.45) is 0 Å². The smallest absolute Gasteiger partial charge is 0.255 e. The summed E-state index contributed by atoms with van der Waals surface area (Å²) in [6.07, 6.45) is 1.05. The summed E-state index contributed by atoms with van der Waals surface area (Å²) in [6, 6.07) is 11.5. The molecule has 0 saturated heterocycles. The van der Waals surface area contributed by atoms with Gasteiger partial charge in [0.1, 0.15) is 6.04 Å². The van der Waals surface area contributed by atoms with Gasteiger partial charge in [-0.2, -0.15) is 4.98 Å². The molecule has 3 aromatic rings. The summed E-state index contributed by atoms with van der Waals surface area (Å²) < 4.78 is 1.83. The van der Waals surface area contributed by atoms with Crippen molar-refractivity contribution in [3.63, 3.8) is 0 Å². The zero-order chi connectivity index (χ0) is 20.4. The van der Waals surface area contributed by atoms with Crippen LogP contribution in [0.2, 0.25) is 0 Å². The van der Waals surface area contributed by atoms with E-state index in [1.54, 1.807) is 23.1 Å². The molecule has 3 heterocycles. The number of carbonyl (C=O) groups excluding carboxylic acids is 1. The van der Waals surface area contributed by atoms with Crippen molar-refractivity contribution in [3.8, 4) is 0 Å². The molecule has 4 rings (SSSR count). The lowest BCUT2D eigenvalue weighted by atomic mass is 10.0. The van der Waals surface area contributed by atoms with Gasteiger partial charge in [0.25, 0.3) is 5.91 Å². The molecule has 150 valence electrons. The predicted molar refractivity (Wildman–Crippen MR) is 120 cm³/mol. The molecule has 0 aliphatic carbocycles. The van der Waals surface area contributed by atoms with Crippen LogP contribution >= 0.6 is 23.1 Å². The van der Waals surface area contributed by atoms with Crippen molar-refractivity contribution < 1.29 is 4.79 Å². The molecule has 0 fully saturated rings. The second-order valence-electron chi connectivity index (χ2n) is 6.91. The Morgan fingerprint density at radius 1 is 1.28 bits per heavy atom. The van der Waals surface area contributed by atoms with Crippen LogP contribution in [0.5, 0.6) is 0 Å². The van der Waals surface area contributed by atoms with E-state index >= 15 is 0 Å². The fraction of sp³-hybridized carbons (Fsp3) is 0.286. The molecule has 1 aromatic carbocycles. The predicted octanol–water partition coefficient (Wildman–Crippen LogP) is 5.08. The van der Waals surface area contributed by atoms with Crippen LogP contribution in [-0.2, 0) is 4.79 Å². The van der Waals surface area contributed by atoms with E-state index in [0.29, 0.717) is 11.5 Å². The number of aryl methyl sites for hydroxylation is 1. The average molecular weight is 426 g/mol. The van der Waals surface area contributed by atoms with E-state index in [1.807, 2.05) is 60.3 Å². The van der Waals surface area contributed by atoms with Crippen molar-refractivity contribution in [1.82, 2.24) is 14.8 Å². The lowest BCUT2D eigenvalue weighted by molar-refractivity contribution is -0.113. The highest BCUT2D eigenvalue weighted by Gasteiger charge is 2.35. The molecule has 2 N–H and O–H groups in total. The minimum Gasteiger partial charge on any atom is -0.328 e. The Kier molecular flexibility index (Phi) is 5.73. The Labute approximate surface area is 178 Å². The van der Waals surface area contributed by atoms with Crippen molar-refractivity contribution in [1.29, 1.82) is 0 Å². The largest absolute Gasteiger partial charge is 0.328 e. The number of carbonyl (C=O) groups is 1. The molecular formula is C21H23N5OS2. The number of anilines is 2. The third-order valence-electron chi connectivity index (χ3n) is 4.64. The van der Waals surface area contributed by atoms with E-state index in [-0.39, 0.29) is 11.9 Å². The molecule has 1 aliphatic heterocycles. The van der Waals surface area contributed by atoms with E-state index in [1.165, 1.54) is 0 Å². The number of benzene rings is 1. The molecule has 1 amide bonds. The molecule has 1 unspecified atom stereocenters. The molecule has 2 aromatic heterocycles. The van der Waals surface area contributed by atoms with E-state index < -0.39 is 0 Å². The van der Waals surface area contributed by atoms with Crippen LogP contribution in [0.3, 0.4) is 0 Å². The van der Waals surface area contributed by atoms with Gasteiger partial charge in [0, 0.05) is 22.0 Å². The number of rotatable bonds is 6. The zero-order valence-electron chi connectivity index (χ0n) is 16.6. The molecule has 0 spiro atoms. The first-order valence-electron chi connectivity index (χ1n) is 9.55. The van der Waals surface area contributed by atoms with E-state index in [0.717, 1.165) is 39.2 Å². The van der Waals surface area contributed by atoms with Gasteiger partial charge in [-0.1, -0.05) is 42.4 Å². The number of allylic oxidation sites excluding steroid dienone is 1. The third kappa shape index (κ3) is 4.09. The van der Waals surface area contributed by atoms with E-state index in [9.17, 15) is 4.79 Å². The van der Waals surface area contributed by atoms with Gasteiger partial charge in [-0.3, -0.25) is 4.79 Å². The first-order chi connectivity index (χ1) is 14.1. The second kappa shape index (κ2) is 8.42. The van der Waals surface area contributed by atoms with Gasteiger partial charge in [0.05, 0.1) is 5.57 Å². The number of nitrogens with one attached hydrogen (secondary N) is 2. The van der Waals surface area contributed by atoms with Crippen LogP contribution in [-0.4, -0.2) is 26.4 Å². The minimum atomic E-state index is -0.305. The minimum absolute atomic E-state index is 0.138. The van der Waals surface area contributed by atoms with Gasteiger partial charge in [0.15, 0.2) is 0 Å². The summed E-state index contributed by atoms with van der Waals surface area (Å²) >= 11 is 3.24. The first-order valence-corrected chi connectivity index (χ1v) is 11.4. The van der Waals surface area contributed by atoms with Crippen LogP contribution < -0.4 is 10.6 Å². The summed E-state index contributed by atoms with van der Waals surface area (Å²) in [5.74, 6) is 1.49. The topological polar surface area (TPSA) is 71.8 Å². The molecule has 29 heavy (non-hydrogen) atoms. The zero-order valence-corrected chi connectivity index (χ0v) is 18.2. The summed E-state index contributed by atoms with van der Waals surface area (Å²) in [5.41, 5.74) is 3.37. The van der Waals surface area contributed by atoms with Gasteiger partial charge >= 0.3 is 0 Å². The van der Waals surface area contributed by atoms with Crippen molar-refractivity contribution >= 4 is 40.6 Å². The van der Waals surface area contributed by atoms with Crippen molar-refractivity contribution in [3.05, 3.63) is 63.5 Å². The summed E-state index contributed by atoms with van der Waals surface area (Å²) in [4.78, 5) is 19.0. The molecule has 6 nitrogen and oxygen atoms in total. The van der Waals surface area contributed by atoms with E-state index in [4.69, 9.17) is 5.10 Å². The normalized spacial score (nSPS) is 15.8. The number of aromatic nitrogens is 3. The highest BCUT2D eigenvalue weighted by Crippen LogP contribution is 2.38. The number of amides is 1. The summed E-state index contributed by atoms with van der Waals surface area (Å²) in [6.45, 7) is 6.08. The number of thioether (sulfide) groups is 1. The van der Waals surface area contributed by atoms with Crippen LogP contribution in [0, 0.1) is 6.92 Å². The monoisotopic (exact) mass is 425 g/mol. The number of hydrogen-bond acceptors (Lipinski definition) is 6. The average Bonchev–Trinajstić information content (AvgIpc) is 3.36. The number of fused-ring (bicyclic) bond motifs is 1. The van der Waals surface area contributed by atoms with Crippen LogP contribution in [0.1, 0.15) is 36.8 Å². The molecule has 8 heteroatoms. The molecule has 1 atom stereocenters. The standard InChI is InChI=1S/C21H23N5OS2/c1-4-11-29-21-24-20-22-14(3)17(18(26(20)25-21)16-6-5-12-28-16)19(27)23-15-9-7-13(2)8-10-15/h5-10,12,18H,4,11H2,1-3H3,(H,23,27)(H,22,24,25). The van der Waals surface area contributed by atoms with Crippen LogP contribution in [0.25, 0.3) is 0 Å². The highest BCUT2D eigenvalue weighted by molar-refractivity contribution is 7.99. The fourth-order valence-corrected chi connectivity index (χ4v) is 4.73. The quantitative estimate of drug-likeness (QED) is 0.539. The fourth-order valence-electron chi connectivity index (χ4n) is 3.23. The Morgan fingerprint density at radius 3 is 2.76 bits per heavy atom. The highest BCUT2D eigenvalue weighted by atomic mass is 32.2. The molecular weight excluding hydrogens is 402 g/mol. The van der Waals surface area contributed by atoms with Gasteiger partial charge in [-0.15, -0.1) is 16.4 Å². The van der Waals surface area contributed by atoms with Crippen molar-refractivity contribution in [2.45, 2.75) is 38.4 Å². The van der Waals surface area contributed by atoms with Gasteiger partial charge in [-0.05, 0) is 43.8 Å². The number of thiophene rings is 1. The van der Waals surface area contributed by atoms with Gasteiger partial charge in [-0.25, -0.2) is 4.68 Å². The first kappa shape index (κ1) is 19.7. The molecule has 0 radical (unpaired) electrons. The van der Waals surface area contributed by atoms with Crippen molar-refractivity contribution in [2.75, 3.05) is 16.4 Å². The number of hydrogen-bond donors (Lipinski definition) is 2. The Hall–Kier alpha value is -2.58. The Bertz CT molecular complexity index is 1040. The lowest BCUT2D eigenvalue weighted by Gasteiger charge is -2.27. The molecule has 1 aliphatic rings. The van der Waals surface area contributed by atoms with Gasteiger partial charge in [0.2, 0.25) is 11.1 Å². The Balaban J connectivity index is 1.70. The molecule has 0 bridgehead atoms. The SMILES string of the molecule is CCCSc1nc2n(n1)C(c1cccs1)C(C(=O)Nc1ccc(C)cc1)=C(C)N2. The van der Waals surface area contributed by atoms with E-state index in [2.05, 4.69) is 22.5 Å². The third-order valence-corrected chi connectivity index (χ3v) is 6.60.